The first-order chi connectivity index (χ1) is 22.5. The smallest absolute Gasteiger partial charge is 0.325 e. The minimum atomic E-state index is -3.73. The average Bonchev–Trinajstić information content (AvgIpc) is 3.62. The molecule has 4 aromatic carbocycles. The van der Waals surface area contributed by atoms with E-state index in [2.05, 4.69) is 5.32 Å². The van der Waals surface area contributed by atoms with Crippen LogP contribution in [0.15, 0.2) is 95.4 Å². The zero-order chi connectivity index (χ0) is 33.5. The summed E-state index contributed by atoms with van der Waals surface area (Å²) in [5.74, 6) is -1.00. The van der Waals surface area contributed by atoms with E-state index in [0.29, 0.717) is 27.8 Å². The Labute approximate surface area is 271 Å². The fraction of sp³-hybridized carbons (Fsp3) is 0.167. The lowest BCUT2D eigenvalue weighted by Crippen LogP contribution is -2.25. The molecule has 0 bridgehead atoms. The first kappa shape index (κ1) is 31.6. The van der Waals surface area contributed by atoms with Crippen LogP contribution in [0.4, 0.5) is 10.1 Å². The summed E-state index contributed by atoms with van der Waals surface area (Å²) < 4.78 is 54.0. The van der Waals surface area contributed by atoms with E-state index in [-0.39, 0.29) is 36.0 Å². The molecule has 0 unspecified atom stereocenters. The third kappa shape index (κ3) is 5.97. The Kier molecular flexibility index (Phi) is 8.33. The van der Waals surface area contributed by atoms with Gasteiger partial charge in [-0.15, -0.1) is 0 Å². The van der Waals surface area contributed by atoms with Crippen molar-refractivity contribution in [1.82, 2.24) is 9.88 Å². The summed E-state index contributed by atoms with van der Waals surface area (Å²) >= 11 is 0. The second-order valence-corrected chi connectivity index (χ2v) is 13.1. The van der Waals surface area contributed by atoms with Gasteiger partial charge in [-0.2, -0.15) is 0 Å². The highest BCUT2D eigenvalue weighted by atomic mass is 32.2. The van der Waals surface area contributed by atoms with Gasteiger partial charge in [-0.3, -0.25) is 13.9 Å². The first-order valence-corrected chi connectivity index (χ1v) is 16.7. The standard InChI is InChI=1S/C36H32FN3O6S/c1-5-45-33(41)21-40-29-12-7-6-9-25(29)18-30(40)24-11-8-10-23(17-24)27-19-28-32(20-31(27)39(3)47(4,43)44)46-35(34(28)36(42)38-2)22-13-15-26(37)16-14-22/h6-20H,5,21H2,1-4H3,(H,38,42). The second-order valence-electron chi connectivity index (χ2n) is 11.0. The van der Waals surface area contributed by atoms with Crippen LogP contribution in [-0.4, -0.2) is 51.8 Å². The number of esters is 1. The zero-order valence-corrected chi connectivity index (χ0v) is 27.0. The number of carbonyl (C=O) groups excluding carboxylic acids is 2. The molecular formula is C36H32FN3O6S. The van der Waals surface area contributed by atoms with Crippen molar-refractivity contribution in [1.29, 1.82) is 0 Å². The molecule has 0 aliphatic carbocycles. The summed E-state index contributed by atoms with van der Waals surface area (Å²) in [6.07, 6.45) is 1.10. The number of rotatable bonds is 9. The molecule has 1 amide bonds. The van der Waals surface area contributed by atoms with Crippen LogP contribution in [0.1, 0.15) is 17.3 Å². The summed E-state index contributed by atoms with van der Waals surface area (Å²) in [5, 5.41) is 4.05. The number of aromatic nitrogens is 1. The van der Waals surface area contributed by atoms with Crippen molar-refractivity contribution in [2.24, 2.45) is 0 Å². The number of nitrogens with zero attached hydrogens (tertiary/aromatic N) is 2. The first-order valence-electron chi connectivity index (χ1n) is 14.9. The van der Waals surface area contributed by atoms with Crippen LogP contribution in [0.3, 0.4) is 0 Å². The molecule has 240 valence electrons. The Bertz CT molecular complexity index is 2270. The Morgan fingerprint density at radius 3 is 2.36 bits per heavy atom. The van der Waals surface area contributed by atoms with Gasteiger partial charge in [0, 0.05) is 53.3 Å². The molecular weight excluding hydrogens is 621 g/mol. The van der Waals surface area contributed by atoms with Crippen LogP contribution in [-0.2, 0) is 26.1 Å². The predicted molar refractivity (Wildman–Crippen MR) is 181 cm³/mol. The van der Waals surface area contributed by atoms with Crippen LogP contribution in [0, 0.1) is 5.82 Å². The molecule has 0 aliphatic heterocycles. The normalized spacial score (nSPS) is 11.6. The van der Waals surface area contributed by atoms with E-state index >= 15 is 0 Å². The number of hydrogen-bond acceptors (Lipinski definition) is 6. The van der Waals surface area contributed by atoms with Crippen LogP contribution in [0.2, 0.25) is 0 Å². The largest absolute Gasteiger partial charge is 0.465 e. The number of para-hydroxylation sites is 1. The number of amides is 1. The molecule has 0 saturated carbocycles. The number of carbonyl (C=O) groups is 2. The summed E-state index contributed by atoms with van der Waals surface area (Å²) in [7, 11) is -0.776. The number of ether oxygens (including phenoxy) is 1. The fourth-order valence-corrected chi connectivity index (χ4v) is 6.27. The molecule has 6 aromatic rings. The monoisotopic (exact) mass is 653 g/mol. The number of fused-ring (bicyclic) bond motifs is 2. The number of halogens is 1. The van der Waals surface area contributed by atoms with Gasteiger partial charge in [-0.05, 0) is 66.6 Å². The summed E-state index contributed by atoms with van der Waals surface area (Å²) in [6.45, 7) is 2.03. The lowest BCUT2D eigenvalue weighted by Gasteiger charge is -2.21. The Balaban J connectivity index is 1.59. The van der Waals surface area contributed by atoms with Crippen molar-refractivity contribution >= 4 is 49.5 Å². The Morgan fingerprint density at radius 2 is 1.66 bits per heavy atom. The van der Waals surface area contributed by atoms with Crippen LogP contribution in [0.25, 0.3) is 55.6 Å². The maximum atomic E-state index is 13.8. The minimum absolute atomic E-state index is 0.00557. The molecule has 0 fully saturated rings. The molecule has 47 heavy (non-hydrogen) atoms. The molecule has 9 nitrogen and oxygen atoms in total. The Hall–Kier alpha value is -5.42. The second kappa shape index (κ2) is 12.4. The summed E-state index contributed by atoms with van der Waals surface area (Å²) in [5.41, 5.74) is 4.92. The molecule has 2 aromatic heterocycles. The average molecular weight is 654 g/mol. The minimum Gasteiger partial charge on any atom is -0.465 e. The molecule has 2 heterocycles. The fourth-order valence-electron chi connectivity index (χ4n) is 5.76. The van der Waals surface area contributed by atoms with Crippen LogP contribution < -0.4 is 9.62 Å². The number of nitrogens with one attached hydrogen (secondary N) is 1. The van der Waals surface area contributed by atoms with Crippen molar-refractivity contribution in [2.45, 2.75) is 13.5 Å². The molecule has 0 radical (unpaired) electrons. The van der Waals surface area contributed by atoms with Gasteiger partial charge in [0.1, 0.15) is 23.7 Å². The highest BCUT2D eigenvalue weighted by molar-refractivity contribution is 7.92. The van der Waals surface area contributed by atoms with Gasteiger partial charge < -0.3 is 19.0 Å². The number of anilines is 1. The highest BCUT2D eigenvalue weighted by Crippen LogP contribution is 2.42. The third-order valence-electron chi connectivity index (χ3n) is 8.08. The lowest BCUT2D eigenvalue weighted by molar-refractivity contribution is -0.143. The lowest BCUT2D eigenvalue weighted by atomic mass is 9.96. The van der Waals surface area contributed by atoms with Gasteiger partial charge in [0.2, 0.25) is 10.0 Å². The van der Waals surface area contributed by atoms with Crippen LogP contribution >= 0.6 is 0 Å². The number of sulfonamides is 1. The van der Waals surface area contributed by atoms with Gasteiger partial charge in [0.15, 0.2) is 0 Å². The molecule has 1 N–H and O–H groups in total. The van der Waals surface area contributed by atoms with Gasteiger partial charge >= 0.3 is 5.97 Å². The SMILES string of the molecule is CCOC(=O)Cn1c(-c2cccc(-c3cc4c(C(=O)NC)c(-c5ccc(F)cc5)oc4cc3N(C)S(C)(=O)=O)c2)cc2ccccc21. The van der Waals surface area contributed by atoms with Crippen molar-refractivity contribution in [3.63, 3.8) is 0 Å². The van der Waals surface area contributed by atoms with E-state index < -0.39 is 21.7 Å². The molecule has 0 spiro atoms. The van der Waals surface area contributed by atoms with Crippen molar-refractivity contribution < 1.29 is 31.6 Å². The third-order valence-corrected chi connectivity index (χ3v) is 9.27. The van der Waals surface area contributed by atoms with Gasteiger partial charge in [-0.1, -0.05) is 36.4 Å². The van der Waals surface area contributed by atoms with E-state index in [1.807, 2.05) is 59.2 Å². The van der Waals surface area contributed by atoms with Gasteiger partial charge in [0.05, 0.1) is 24.1 Å². The highest BCUT2D eigenvalue weighted by Gasteiger charge is 2.26. The van der Waals surface area contributed by atoms with Crippen LogP contribution in [0.5, 0.6) is 0 Å². The zero-order valence-electron chi connectivity index (χ0n) is 26.2. The Morgan fingerprint density at radius 1 is 0.936 bits per heavy atom. The number of benzene rings is 4. The molecule has 0 saturated heterocycles. The van der Waals surface area contributed by atoms with Gasteiger partial charge in [-0.25, -0.2) is 12.8 Å². The van der Waals surface area contributed by atoms with E-state index in [9.17, 15) is 22.4 Å². The molecule has 0 atom stereocenters. The predicted octanol–water partition coefficient (Wildman–Crippen LogP) is 6.85. The molecule has 0 aliphatic rings. The quantitative estimate of drug-likeness (QED) is 0.171. The van der Waals surface area contributed by atoms with Crippen molar-refractivity contribution in [2.75, 3.05) is 31.3 Å². The van der Waals surface area contributed by atoms with Crippen molar-refractivity contribution in [3.8, 4) is 33.7 Å². The number of hydrogen-bond donors (Lipinski definition) is 1. The van der Waals surface area contributed by atoms with E-state index in [1.54, 1.807) is 19.1 Å². The van der Waals surface area contributed by atoms with E-state index in [1.165, 1.54) is 38.4 Å². The molecule has 6 rings (SSSR count). The summed E-state index contributed by atoms with van der Waals surface area (Å²) in [6, 6.07) is 26.2. The van der Waals surface area contributed by atoms with E-state index in [4.69, 9.17) is 9.15 Å². The van der Waals surface area contributed by atoms with Crippen molar-refractivity contribution in [3.05, 3.63) is 102 Å². The number of furan rings is 1. The van der Waals surface area contributed by atoms with Gasteiger partial charge in [0.25, 0.3) is 5.91 Å². The van der Waals surface area contributed by atoms with E-state index in [0.717, 1.165) is 32.7 Å². The maximum absolute atomic E-state index is 13.8. The summed E-state index contributed by atoms with van der Waals surface area (Å²) in [4.78, 5) is 25.9. The molecule has 11 heteroatoms. The topological polar surface area (TPSA) is 111 Å². The maximum Gasteiger partial charge on any atom is 0.325 e.